The number of carbonyl (C=O) groups is 1. The molecule has 1 N–H and O–H groups in total. The molecule has 2 aliphatic heterocycles. The summed E-state index contributed by atoms with van der Waals surface area (Å²) in [5.41, 5.74) is 7.99. The number of ether oxygens (including phenoxy) is 2. The second-order valence-electron chi connectivity index (χ2n) is 12.0. The minimum atomic E-state index is -0.125. The van der Waals surface area contributed by atoms with E-state index in [0.29, 0.717) is 24.2 Å². The van der Waals surface area contributed by atoms with Gasteiger partial charge in [0.2, 0.25) is 0 Å². The summed E-state index contributed by atoms with van der Waals surface area (Å²) in [6, 6.07) is 15.1. The van der Waals surface area contributed by atoms with Gasteiger partial charge in [0.25, 0.3) is 5.91 Å². The molecule has 1 fully saturated rings. The van der Waals surface area contributed by atoms with Gasteiger partial charge in [-0.2, -0.15) is 0 Å². The first-order valence-electron chi connectivity index (χ1n) is 14.0. The van der Waals surface area contributed by atoms with Crippen LogP contribution in [0.1, 0.15) is 70.4 Å². The largest absolute Gasteiger partial charge is 0.493 e. The molecule has 3 aromatic rings. The van der Waals surface area contributed by atoms with Crippen molar-refractivity contribution in [3.63, 3.8) is 0 Å². The fraction of sp³-hybridized carbons (Fsp3) is 0.469. The Bertz CT molecular complexity index is 1430. The van der Waals surface area contributed by atoms with E-state index in [1.165, 1.54) is 16.7 Å². The number of fused-ring (bicyclic) bond motifs is 2. The first-order valence-corrected chi connectivity index (χ1v) is 14.0. The van der Waals surface area contributed by atoms with E-state index in [2.05, 4.69) is 62.0 Å². The minimum absolute atomic E-state index is 0. The van der Waals surface area contributed by atoms with Crippen molar-refractivity contribution in [1.29, 1.82) is 0 Å². The van der Waals surface area contributed by atoms with Crippen LogP contribution >= 0.6 is 12.4 Å². The highest BCUT2D eigenvalue weighted by molar-refractivity contribution is 5.95. The molecule has 0 saturated carbocycles. The molecule has 1 saturated heterocycles. The van der Waals surface area contributed by atoms with Crippen LogP contribution in [-0.2, 0) is 24.8 Å². The van der Waals surface area contributed by atoms with Crippen LogP contribution in [0.4, 0.5) is 0 Å². The zero-order valence-electron chi connectivity index (χ0n) is 23.4. The molecule has 2 bridgehead atoms. The van der Waals surface area contributed by atoms with E-state index in [0.717, 1.165) is 54.1 Å². The predicted molar refractivity (Wildman–Crippen MR) is 154 cm³/mol. The van der Waals surface area contributed by atoms with Crippen molar-refractivity contribution in [2.24, 2.45) is 5.92 Å². The number of aromatic amines is 1. The Balaban J connectivity index is 0.00000277. The number of piperidine rings is 1. The smallest absolute Gasteiger partial charge is 0.271 e. The zero-order valence-corrected chi connectivity index (χ0v) is 24.2. The van der Waals surface area contributed by atoms with Crippen molar-refractivity contribution in [2.75, 3.05) is 20.7 Å². The lowest BCUT2D eigenvalue weighted by atomic mass is 9.51. The normalized spacial score (nSPS) is 25.8. The van der Waals surface area contributed by atoms with Crippen molar-refractivity contribution in [1.82, 2.24) is 14.8 Å². The van der Waals surface area contributed by atoms with Crippen LogP contribution in [0.15, 0.2) is 42.5 Å². The Morgan fingerprint density at radius 3 is 2.69 bits per heavy atom. The van der Waals surface area contributed by atoms with Gasteiger partial charge in [-0.05, 0) is 87.9 Å². The van der Waals surface area contributed by atoms with E-state index in [4.69, 9.17) is 9.47 Å². The number of likely N-dealkylation sites (N-methyl/N-ethyl adjacent to an activating group) is 1. The number of hydrogen-bond acceptors (Lipinski definition) is 4. The van der Waals surface area contributed by atoms with E-state index >= 15 is 0 Å². The molecule has 6 nitrogen and oxygen atoms in total. The van der Waals surface area contributed by atoms with Gasteiger partial charge in [0.05, 0.1) is 12.8 Å². The van der Waals surface area contributed by atoms with Gasteiger partial charge in [0.1, 0.15) is 11.8 Å². The van der Waals surface area contributed by atoms with Gasteiger partial charge in [-0.1, -0.05) is 36.4 Å². The summed E-state index contributed by atoms with van der Waals surface area (Å²) in [5, 5.41) is 0. The maximum absolute atomic E-state index is 14.1. The molecule has 4 atom stereocenters. The number of amides is 1. The van der Waals surface area contributed by atoms with Crippen LogP contribution in [0.25, 0.3) is 0 Å². The SMILES string of the molecule is COc1ccc2c3c1O[C@H]1c4[nH]c(C(=O)N(Cc5ccccc5)C(C)C)c(C)c4C[C@H]4[C@@H](C2)N(C)CC[C@]314.Cl. The summed E-state index contributed by atoms with van der Waals surface area (Å²) >= 11 is 0. The summed E-state index contributed by atoms with van der Waals surface area (Å²) in [6.45, 7) is 7.95. The maximum atomic E-state index is 14.1. The van der Waals surface area contributed by atoms with Crippen LogP contribution in [0.3, 0.4) is 0 Å². The van der Waals surface area contributed by atoms with Gasteiger partial charge >= 0.3 is 0 Å². The Morgan fingerprint density at radius 1 is 1.21 bits per heavy atom. The molecule has 0 radical (unpaired) electrons. The summed E-state index contributed by atoms with van der Waals surface area (Å²) in [5.74, 6) is 2.25. The van der Waals surface area contributed by atoms with Gasteiger partial charge in [-0.15, -0.1) is 12.4 Å². The topological polar surface area (TPSA) is 57.8 Å². The lowest BCUT2D eigenvalue weighted by molar-refractivity contribution is -0.0256. The number of carbonyl (C=O) groups excluding carboxylic acids is 1. The number of halogens is 1. The summed E-state index contributed by atoms with van der Waals surface area (Å²) in [4.78, 5) is 22.3. The first kappa shape index (κ1) is 26.3. The number of aromatic nitrogens is 1. The monoisotopic (exact) mass is 547 g/mol. The zero-order chi connectivity index (χ0) is 26.3. The maximum Gasteiger partial charge on any atom is 0.271 e. The van der Waals surface area contributed by atoms with Gasteiger partial charge in [0, 0.05) is 29.6 Å². The lowest BCUT2D eigenvalue weighted by Crippen LogP contribution is -2.62. The molecule has 2 aromatic carbocycles. The number of likely N-dealkylation sites (tertiary alicyclic amines) is 1. The molecule has 7 heteroatoms. The van der Waals surface area contributed by atoms with E-state index in [9.17, 15) is 4.79 Å². The molecule has 39 heavy (non-hydrogen) atoms. The average Bonchev–Trinajstić information content (AvgIpc) is 3.44. The number of nitrogens with one attached hydrogen (secondary N) is 1. The minimum Gasteiger partial charge on any atom is -0.493 e. The second kappa shape index (κ2) is 9.31. The van der Waals surface area contributed by atoms with E-state index in [1.54, 1.807) is 7.11 Å². The fourth-order valence-electron chi connectivity index (χ4n) is 8.06. The highest BCUT2D eigenvalue weighted by Gasteiger charge is 2.65. The van der Waals surface area contributed by atoms with Crippen molar-refractivity contribution in [2.45, 2.75) is 70.2 Å². The van der Waals surface area contributed by atoms with E-state index in [1.807, 2.05) is 23.1 Å². The summed E-state index contributed by atoms with van der Waals surface area (Å²) < 4.78 is 12.7. The highest BCUT2D eigenvalue weighted by atomic mass is 35.5. The van der Waals surface area contributed by atoms with Crippen LogP contribution in [0.2, 0.25) is 0 Å². The highest BCUT2D eigenvalue weighted by Crippen LogP contribution is 2.67. The molecule has 7 rings (SSSR count). The van der Waals surface area contributed by atoms with Gasteiger partial charge in [0.15, 0.2) is 11.5 Å². The van der Waals surface area contributed by atoms with E-state index in [-0.39, 0.29) is 35.9 Å². The van der Waals surface area contributed by atoms with Crippen molar-refractivity contribution in [3.05, 3.63) is 81.7 Å². The Morgan fingerprint density at radius 2 is 1.97 bits per heavy atom. The third-order valence-electron chi connectivity index (χ3n) is 9.99. The quantitative estimate of drug-likeness (QED) is 0.451. The number of rotatable bonds is 5. The van der Waals surface area contributed by atoms with Crippen LogP contribution in [-0.4, -0.2) is 53.5 Å². The third kappa shape index (κ3) is 3.53. The van der Waals surface area contributed by atoms with Crippen molar-refractivity contribution >= 4 is 18.3 Å². The molecule has 1 aromatic heterocycles. The fourth-order valence-corrected chi connectivity index (χ4v) is 8.06. The number of benzene rings is 2. The number of nitrogens with zero attached hydrogens (tertiary/aromatic N) is 2. The van der Waals surface area contributed by atoms with Gasteiger partial charge in [-0.3, -0.25) is 4.79 Å². The molecular weight excluding hydrogens is 510 g/mol. The molecule has 1 spiro atoms. The summed E-state index contributed by atoms with van der Waals surface area (Å²) in [6.07, 6.45) is 2.93. The average molecular weight is 548 g/mol. The van der Waals surface area contributed by atoms with Crippen LogP contribution in [0.5, 0.6) is 11.5 Å². The van der Waals surface area contributed by atoms with Crippen LogP contribution in [0, 0.1) is 12.8 Å². The number of H-pyrrole nitrogens is 1. The second-order valence-corrected chi connectivity index (χ2v) is 12.0. The Labute approximate surface area is 237 Å². The van der Waals surface area contributed by atoms with Gasteiger partial charge < -0.3 is 24.3 Å². The van der Waals surface area contributed by atoms with E-state index < -0.39 is 0 Å². The molecule has 3 heterocycles. The Kier molecular flexibility index (Phi) is 6.27. The number of hydrogen-bond donors (Lipinski definition) is 1. The molecular formula is C32H38ClN3O3. The molecule has 2 aliphatic carbocycles. The lowest BCUT2D eigenvalue weighted by Gasteiger charge is -2.57. The van der Waals surface area contributed by atoms with Crippen LogP contribution < -0.4 is 9.47 Å². The summed E-state index contributed by atoms with van der Waals surface area (Å²) in [7, 11) is 4.00. The molecule has 206 valence electrons. The predicted octanol–water partition coefficient (Wildman–Crippen LogP) is 5.61. The molecule has 1 amide bonds. The Hall–Kier alpha value is -2.96. The van der Waals surface area contributed by atoms with Crippen molar-refractivity contribution < 1.29 is 14.3 Å². The third-order valence-corrected chi connectivity index (χ3v) is 9.99. The standard InChI is InChI=1S/C32H37N3O3.ClH/c1-18(2)35(17-20-9-7-6-8-10-20)31(36)27-19(3)22-16-23-24-15-21-11-12-25(37-5)29-26(21)32(23,13-14-34(24)4)30(38-29)28(22)33-27;/h6-12,18,23-24,30,33H,13-17H2,1-5H3;1H/t23-,24+,30-,32-;/m0./s1. The molecule has 0 unspecified atom stereocenters. The first-order chi connectivity index (χ1) is 18.3. The van der Waals surface area contributed by atoms with Crippen molar-refractivity contribution in [3.8, 4) is 11.5 Å². The number of methoxy groups -OCH3 is 1. The van der Waals surface area contributed by atoms with Gasteiger partial charge in [-0.25, -0.2) is 0 Å². The molecule has 4 aliphatic rings.